The number of non-ortho nitro benzene ring substituents is 1. The molecule has 1 saturated heterocycles. The highest BCUT2D eigenvalue weighted by Gasteiger charge is 2.47. The second-order valence-corrected chi connectivity index (χ2v) is 12.3. The second kappa shape index (κ2) is 11.6. The van der Waals surface area contributed by atoms with Gasteiger partial charge < -0.3 is 34.5 Å². The molecule has 0 bridgehead atoms. The summed E-state index contributed by atoms with van der Waals surface area (Å²) in [5, 5.41) is 31.5. The molecule has 6 atom stereocenters. The summed E-state index contributed by atoms with van der Waals surface area (Å²) < 4.78 is 51.8. The number of aromatic nitrogens is 2. The smallest absolute Gasteiger partial charge is 0.387 e. The number of benzene rings is 1. The molecule has 0 amide bonds. The van der Waals surface area contributed by atoms with E-state index in [9.17, 15) is 53.4 Å². The van der Waals surface area contributed by atoms with E-state index in [1.165, 1.54) is 24.3 Å². The number of aliphatic hydroxyl groups is 2. The van der Waals surface area contributed by atoms with Crippen molar-refractivity contribution in [3.8, 4) is 0 Å². The fourth-order valence-electron chi connectivity index (χ4n) is 3.38. The van der Waals surface area contributed by atoms with Gasteiger partial charge in [0.15, 0.2) is 0 Å². The Hall–Kier alpha value is -2.41. The summed E-state index contributed by atoms with van der Waals surface area (Å²) >= 11 is 0. The van der Waals surface area contributed by atoms with Crippen LogP contribution in [0.2, 0.25) is 0 Å². The average molecular weight is 619 g/mol. The van der Waals surface area contributed by atoms with Crippen molar-refractivity contribution in [2.45, 2.75) is 31.0 Å². The number of phosphoric ester groups is 1. The standard InChI is InChI=1S/C16H20N3O17P3/c20-12-11(7-33-38(29,30)36-39(31,32)35-37(26,27)28)34-14(13(12)21)10-6-18(16(23)17-15(10)22)5-8-1-3-9(4-2-8)19(24)25/h1-4,6,11-14,20-21H,5,7H2,(H,29,30)(H,31,32)(H,17,22,23)(H2,26,27,28)/t11-,12-,13-,14+/m1/s1. The molecule has 1 aliphatic rings. The third kappa shape index (κ3) is 8.29. The molecule has 1 aromatic heterocycles. The quantitative estimate of drug-likeness (QED) is 0.0900. The van der Waals surface area contributed by atoms with Crippen LogP contribution in [-0.2, 0) is 38.1 Å². The van der Waals surface area contributed by atoms with E-state index in [2.05, 4.69) is 13.1 Å². The molecule has 216 valence electrons. The van der Waals surface area contributed by atoms with Gasteiger partial charge in [-0.15, -0.1) is 0 Å². The molecule has 20 nitrogen and oxygen atoms in total. The Morgan fingerprint density at radius 2 is 1.62 bits per heavy atom. The lowest BCUT2D eigenvalue weighted by atomic mass is 10.0. The number of aliphatic hydroxyl groups excluding tert-OH is 2. The Kier molecular flexibility index (Phi) is 9.26. The molecule has 2 unspecified atom stereocenters. The van der Waals surface area contributed by atoms with Crippen LogP contribution >= 0.6 is 23.5 Å². The minimum Gasteiger partial charge on any atom is -0.387 e. The van der Waals surface area contributed by atoms with Gasteiger partial charge in [-0.2, -0.15) is 8.62 Å². The number of aromatic amines is 1. The largest absolute Gasteiger partial charge is 0.490 e. The molecule has 1 aliphatic heterocycles. The molecule has 3 rings (SSSR count). The summed E-state index contributed by atoms with van der Waals surface area (Å²) in [6.07, 6.45) is -6.03. The zero-order valence-electron chi connectivity index (χ0n) is 19.0. The van der Waals surface area contributed by atoms with Gasteiger partial charge in [0.2, 0.25) is 0 Å². The summed E-state index contributed by atoms with van der Waals surface area (Å²) in [7, 11) is -17.0. The molecule has 2 aromatic rings. The lowest BCUT2D eigenvalue weighted by Crippen LogP contribution is -2.36. The molecular formula is C16H20N3O17P3. The van der Waals surface area contributed by atoms with E-state index < -0.39 is 70.7 Å². The first-order valence-corrected chi connectivity index (χ1v) is 14.8. The van der Waals surface area contributed by atoms with Crippen LogP contribution in [0.3, 0.4) is 0 Å². The predicted molar refractivity (Wildman–Crippen MR) is 123 cm³/mol. The third-order valence-electron chi connectivity index (χ3n) is 5.03. The van der Waals surface area contributed by atoms with Crippen LogP contribution in [-0.4, -0.2) is 69.2 Å². The molecule has 7 N–H and O–H groups in total. The van der Waals surface area contributed by atoms with E-state index in [0.717, 1.165) is 10.8 Å². The van der Waals surface area contributed by atoms with Gasteiger partial charge in [-0.25, -0.2) is 18.5 Å². The van der Waals surface area contributed by atoms with Gasteiger partial charge in [0.05, 0.1) is 23.6 Å². The van der Waals surface area contributed by atoms with Gasteiger partial charge in [-0.05, 0) is 5.56 Å². The molecule has 0 spiro atoms. The van der Waals surface area contributed by atoms with Crippen LogP contribution in [0.1, 0.15) is 17.2 Å². The highest BCUT2D eigenvalue weighted by Crippen LogP contribution is 2.66. The number of nitrogens with one attached hydrogen (secondary N) is 1. The minimum absolute atomic E-state index is 0.179. The zero-order valence-corrected chi connectivity index (χ0v) is 21.7. The number of hydrogen-bond acceptors (Lipinski definition) is 13. The Balaban J connectivity index is 1.75. The summed E-state index contributed by atoms with van der Waals surface area (Å²) in [4.78, 5) is 72.6. The molecule has 0 aliphatic carbocycles. The highest BCUT2D eigenvalue weighted by atomic mass is 31.3. The number of ether oxygens (including phenoxy) is 1. The Morgan fingerprint density at radius 3 is 2.18 bits per heavy atom. The van der Waals surface area contributed by atoms with E-state index in [1.807, 2.05) is 4.98 Å². The molecule has 1 fully saturated rings. The van der Waals surface area contributed by atoms with Crippen LogP contribution in [0.5, 0.6) is 0 Å². The van der Waals surface area contributed by atoms with Crippen LogP contribution in [0.25, 0.3) is 0 Å². The van der Waals surface area contributed by atoms with Gasteiger partial charge in [-0.3, -0.25) is 29.0 Å². The Morgan fingerprint density at radius 1 is 1.00 bits per heavy atom. The number of phosphoric acid groups is 3. The van der Waals surface area contributed by atoms with E-state index in [4.69, 9.17) is 14.5 Å². The Labute approximate surface area is 215 Å². The maximum Gasteiger partial charge on any atom is 0.490 e. The highest BCUT2D eigenvalue weighted by molar-refractivity contribution is 7.66. The van der Waals surface area contributed by atoms with Gasteiger partial charge >= 0.3 is 29.2 Å². The molecule has 0 saturated carbocycles. The van der Waals surface area contributed by atoms with Crippen molar-refractivity contribution in [3.63, 3.8) is 0 Å². The lowest BCUT2D eigenvalue weighted by Gasteiger charge is -2.19. The molecule has 23 heteroatoms. The van der Waals surface area contributed by atoms with Gasteiger partial charge in [0.25, 0.3) is 11.2 Å². The monoisotopic (exact) mass is 619 g/mol. The van der Waals surface area contributed by atoms with Crippen molar-refractivity contribution in [2.24, 2.45) is 0 Å². The number of nitro benzene ring substituents is 1. The van der Waals surface area contributed by atoms with Crippen molar-refractivity contribution in [2.75, 3.05) is 6.61 Å². The Bertz CT molecular complexity index is 1480. The first-order valence-electron chi connectivity index (χ1n) is 10.2. The van der Waals surface area contributed by atoms with Crippen molar-refractivity contribution < 1.29 is 66.3 Å². The number of hydrogen-bond donors (Lipinski definition) is 7. The maximum atomic E-state index is 12.4. The second-order valence-electron chi connectivity index (χ2n) is 7.86. The number of rotatable bonds is 11. The van der Waals surface area contributed by atoms with Crippen LogP contribution in [0.4, 0.5) is 5.69 Å². The van der Waals surface area contributed by atoms with Crippen molar-refractivity contribution >= 4 is 29.2 Å². The van der Waals surface area contributed by atoms with E-state index in [0.29, 0.717) is 5.56 Å². The number of nitrogens with zero attached hydrogens (tertiary/aromatic N) is 2. The summed E-state index contributed by atoms with van der Waals surface area (Å²) in [5.74, 6) is 0. The first-order chi connectivity index (χ1) is 17.9. The topological polar surface area (TPSA) is 308 Å². The summed E-state index contributed by atoms with van der Waals surface area (Å²) in [6, 6.07) is 5.10. The summed E-state index contributed by atoms with van der Waals surface area (Å²) in [5.41, 5.74) is -2.07. The van der Waals surface area contributed by atoms with E-state index in [-0.39, 0.29) is 17.8 Å². The summed E-state index contributed by atoms with van der Waals surface area (Å²) in [6.45, 7) is -1.29. The van der Waals surface area contributed by atoms with Crippen molar-refractivity contribution in [3.05, 3.63) is 72.5 Å². The average Bonchev–Trinajstić information content (AvgIpc) is 3.06. The third-order valence-corrected chi connectivity index (χ3v) is 8.83. The first kappa shape index (κ1) is 31.1. The fraction of sp³-hybridized carbons (Fsp3) is 0.375. The lowest BCUT2D eigenvalue weighted by molar-refractivity contribution is -0.384. The number of nitro groups is 1. The molecule has 2 heterocycles. The van der Waals surface area contributed by atoms with E-state index >= 15 is 0 Å². The van der Waals surface area contributed by atoms with Crippen molar-refractivity contribution in [1.82, 2.24) is 9.55 Å². The van der Waals surface area contributed by atoms with Crippen molar-refractivity contribution in [1.29, 1.82) is 0 Å². The molecule has 1 aromatic carbocycles. The molecule has 39 heavy (non-hydrogen) atoms. The number of H-pyrrole nitrogens is 1. The van der Waals surface area contributed by atoms with Crippen LogP contribution in [0.15, 0.2) is 40.1 Å². The molecule has 0 radical (unpaired) electrons. The SMILES string of the molecule is O=c1[nH]c(=O)n(Cc2ccc([N+](=O)[O-])cc2)cc1[C@@H]1O[C@H](COP(=O)(O)OP(=O)(O)OP(=O)(O)O)[C@@H](O)[C@H]1O. The predicted octanol–water partition coefficient (Wildman–Crippen LogP) is -1.00. The zero-order chi connectivity index (χ0) is 29.3. The van der Waals surface area contributed by atoms with Gasteiger partial charge in [0.1, 0.15) is 24.4 Å². The normalized spacial score (nSPS) is 24.7. The van der Waals surface area contributed by atoms with E-state index in [1.54, 1.807) is 0 Å². The van der Waals surface area contributed by atoms with Gasteiger partial charge in [-0.1, -0.05) is 12.1 Å². The minimum atomic E-state index is -5.80. The maximum absolute atomic E-state index is 12.4. The molecular weight excluding hydrogens is 599 g/mol. The van der Waals surface area contributed by atoms with Crippen LogP contribution < -0.4 is 11.2 Å². The van der Waals surface area contributed by atoms with Crippen LogP contribution in [0, 0.1) is 10.1 Å². The fourth-order valence-corrected chi connectivity index (χ4v) is 6.41. The van der Waals surface area contributed by atoms with Gasteiger partial charge in [0, 0.05) is 18.3 Å².